The molecule has 9 aromatic carbocycles. The van der Waals surface area contributed by atoms with E-state index < -0.39 is 8.07 Å². The van der Waals surface area contributed by atoms with E-state index in [1.54, 1.807) is 0 Å². The van der Waals surface area contributed by atoms with Crippen molar-refractivity contribution < 1.29 is 57.7 Å². The first-order valence-corrected chi connectivity index (χ1v) is 27.4. The summed E-state index contributed by atoms with van der Waals surface area (Å²) in [6.45, 7) is 4.85. The minimum atomic E-state index is -3.23. The van der Waals surface area contributed by atoms with E-state index in [2.05, 4.69) is 277 Å². The van der Waals surface area contributed by atoms with Gasteiger partial charge in [-0.15, -0.1) is 0 Å². The van der Waals surface area contributed by atoms with Crippen molar-refractivity contribution in [2.75, 3.05) is 0 Å². The fraction of sp³-hybridized carbons (Fsp3) is 0.134. The molecule has 1 unspecified atom stereocenters. The van der Waals surface area contributed by atoms with Gasteiger partial charge in [0.1, 0.15) is 0 Å². The first kappa shape index (κ1) is 54.0. The van der Waals surface area contributed by atoms with Crippen LogP contribution in [0, 0.1) is 5.92 Å². The minimum absolute atomic E-state index is 0. The smallest absolute Gasteiger partial charge is 1.00 e. The summed E-state index contributed by atoms with van der Waals surface area (Å²) in [4.78, 5) is 0. The van der Waals surface area contributed by atoms with Gasteiger partial charge in [-0.3, -0.25) is 0 Å². The van der Waals surface area contributed by atoms with Gasteiger partial charge in [-0.1, -0.05) is 0 Å². The molecule has 0 saturated heterocycles. The van der Waals surface area contributed by atoms with Gasteiger partial charge in [-0.05, 0) is 0 Å². The Morgan fingerprint density at radius 3 is 0.708 bits per heavy atom. The van der Waals surface area contributed by atoms with Crippen molar-refractivity contribution in [2.45, 2.75) is 52.4 Å². The van der Waals surface area contributed by atoms with Crippen molar-refractivity contribution in [1.82, 2.24) is 0 Å². The standard InChI is InChI=1S/C67H59Si.3ClH.Ti/c1-50-33-51(2)67(34-50)68(64-44-58(35-52-21-9-3-10-22-52)41-59(45-64)36-53-23-11-4-12-24-53,65-46-60(37-54-25-13-5-14-26-54)42-61(47-65)38-55-27-15-6-16-28-55)66-48-62(39-56-29-17-7-18-30-56)43-63(49-66)40-57-31-19-8-20-32-57;;;;/h3-32,34,41-50H,35-40H2,1-2H3;3*1H;/q;;;;+3/p-3. The zero-order chi connectivity index (χ0) is 47.0. The van der Waals surface area contributed by atoms with Gasteiger partial charge in [-0.2, -0.15) is 0 Å². The largest absolute Gasteiger partial charge is 1.00 e. The first-order valence-electron chi connectivity index (χ1n) is 24.6. The molecule has 0 spiro atoms. The number of halogens is 3. The van der Waals surface area contributed by atoms with Gasteiger partial charge in [-0.25, -0.2) is 0 Å². The van der Waals surface area contributed by atoms with E-state index in [-0.39, 0.29) is 37.2 Å². The van der Waals surface area contributed by atoms with Crippen LogP contribution in [0.3, 0.4) is 0 Å². The van der Waals surface area contributed by atoms with Crippen LogP contribution in [0.2, 0.25) is 0 Å². The van der Waals surface area contributed by atoms with Crippen LogP contribution in [-0.2, 0) is 59.0 Å². The molecule has 1 atom stereocenters. The zero-order valence-corrected chi connectivity index (χ0v) is 45.9. The summed E-state index contributed by atoms with van der Waals surface area (Å²) in [5, 5.41) is 5.90. The Bertz CT molecular complexity index is 2740. The average Bonchev–Trinajstić information content (AvgIpc) is 3.63. The Labute approximate surface area is 460 Å². The van der Waals surface area contributed by atoms with E-state index in [0.717, 1.165) is 38.5 Å². The number of hydrogen-bond acceptors (Lipinski definition) is 0. The van der Waals surface area contributed by atoms with E-state index in [1.165, 1.54) is 97.0 Å². The predicted molar refractivity (Wildman–Crippen MR) is 289 cm³/mol. The molecule has 0 fully saturated rings. The van der Waals surface area contributed by atoms with Crippen molar-refractivity contribution in [2.24, 2.45) is 5.92 Å². The quantitative estimate of drug-likeness (QED) is 0.0979. The number of benzene rings is 9. The molecule has 0 N–H and O–H groups in total. The van der Waals surface area contributed by atoms with Crippen LogP contribution in [0.1, 0.15) is 80.6 Å². The number of rotatable bonds is 16. The van der Waals surface area contributed by atoms with Crippen LogP contribution < -0.4 is 52.8 Å². The SMILES string of the molecule is CC1=[C]([Ti+3])C(C)C=C1[Si](c1cc(Cc2ccccc2)cc(Cc2ccccc2)c1)(c1cc(Cc2ccccc2)cc(Cc2ccccc2)c1)c1cc(Cc2ccccc2)cc(Cc2ccccc2)c1.[Cl-].[Cl-].[Cl-]. The van der Waals surface area contributed by atoms with E-state index in [9.17, 15) is 0 Å². The van der Waals surface area contributed by atoms with Crippen molar-refractivity contribution in [3.8, 4) is 0 Å². The Hall–Kier alpha value is -5.74. The van der Waals surface area contributed by atoms with Gasteiger partial charge in [0.15, 0.2) is 0 Å². The van der Waals surface area contributed by atoms with Gasteiger partial charge in [0.25, 0.3) is 0 Å². The third kappa shape index (κ3) is 12.7. The maximum Gasteiger partial charge on any atom is -1.00 e. The normalized spacial score (nSPS) is 13.1. The molecule has 0 nitrogen and oxygen atoms in total. The number of hydrogen-bond donors (Lipinski definition) is 0. The van der Waals surface area contributed by atoms with Crippen LogP contribution in [0.4, 0.5) is 0 Å². The van der Waals surface area contributed by atoms with Gasteiger partial charge in [0, 0.05) is 0 Å². The second-order valence-electron chi connectivity index (χ2n) is 19.2. The van der Waals surface area contributed by atoms with Crippen molar-refractivity contribution in [1.29, 1.82) is 0 Å². The minimum Gasteiger partial charge on any atom is -1.00 e. The first-order chi connectivity index (χ1) is 33.8. The second kappa shape index (κ2) is 25.3. The Morgan fingerprint density at radius 2 is 0.528 bits per heavy atom. The Morgan fingerprint density at radius 1 is 0.319 bits per heavy atom. The summed E-state index contributed by atoms with van der Waals surface area (Å²) in [6.07, 6.45) is 7.88. The van der Waals surface area contributed by atoms with Crippen LogP contribution in [0.5, 0.6) is 0 Å². The summed E-state index contributed by atoms with van der Waals surface area (Å²) < 4.78 is 1.47. The predicted octanol–water partition coefficient (Wildman–Crippen LogP) is 4.65. The van der Waals surface area contributed by atoms with Crippen molar-refractivity contribution >= 4 is 23.6 Å². The second-order valence-corrected chi connectivity index (χ2v) is 23.9. The molecule has 5 heteroatoms. The van der Waals surface area contributed by atoms with Gasteiger partial charge >= 0.3 is 426 Å². The van der Waals surface area contributed by atoms with Gasteiger partial charge in [0.2, 0.25) is 0 Å². The third-order valence-electron chi connectivity index (χ3n) is 14.0. The summed E-state index contributed by atoms with van der Waals surface area (Å²) in [6, 6.07) is 89.8. The molecule has 72 heavy (non-hydrogen) atoms. The number of allylic oxidation sites excluding steroid dienone is 4. The summed E-state index contributed by atoms with van der Waals surface area (Å²) >= 11 is 2.38. The molecule has 9 aromatic rings. The average molecular weight is 1050 g/mol. The van der Waals surface area contributed by atoms with Gasteiger partial charge in [0.05, 0.1) is 0 Å². The molecular weight excluding hydrogens is 987 g/mol. The molecule has 0 bridgehead atoms. The van der Waals surface area contributed by atoms with Gasteiger partial charge < -0.3 is 37.2 Å². The topological polar surface area (TPSA) is 0 Å². The third-order valence-corrected chi connectivity index (χ3v) is 20.2. The van der Waals surface area contributed by atoms with Crippen LogP contribution in [0.15, 0.2) is 257 Å². The fourth-order valence-electron chi connectivity index (χ4n) is 10.9. The van der Waals surface area contributed by atoms with Crippen LogP contribution >= 0.6 is 0 Å². The molecular formula is C67H59Cl3SiTi. The summed E-state index contributed by atoms with van der Waals surface area (Å²) in [7, 11) is -3.23. The van der Waals surface area contributed by atoms with E-state index in [4.69, 9.17) is 0 Å². The molecule has 0 radical (unpaired) electrons. The molecule has 0 saturated carbocycles. The molecule has 0 heterocycles. The van der Waals surface area contributed by atoms with E-state index in [1.807, 2.05) is 0 Å². The fourth-order valence-corrected chi connectivity index (χ4v) is 16.9. The maximum atomic E-state index is 2.68. The van der Waals surface area contributed by atoms with Crippen LogP contribution in [-0.4, -0.2) is 8.07 Å². The molecule has 0 amide bonds. The molecule has 0 aromatic heterocycles. The maximum absolute atomic E-state index is 3.23. The van der Waals surface area contributed by atoms with E-state index in [0.29, 0.717) is 5.92 Å². The molecule has 10 rings (SSSR count). The van der Waals surface area contributed by atoms with Crippen LogP contribution in [0.25, 0.3) is 0 Å². The Balaban J connectivity index is 0.00000253. The van der Waals surface area contributed by atoms with Crippen molar-refractivity contribution in [3.05, 3.63) is 324 Å². The summed E-state index contributed by atoms with van der Waals surface area (Å²) in [5.41, 5.74) is 17.6. The zero-order valence-electron chi connectivity index (χ0n) is 41.0. The van der Waals surface area contributed by atoms with Crippen molar-refractivity contribution in [3.63, 3.8) is 0 Å². The Kier molecular flexibility index (Phi) is 19.0. The summed E-state index contributed by atoms with van der Waals surface area (Å²) in [5.74, 6) is 0.329. The monoisotopic (exact) mass is 1040 g/mol. The molecule has 0 aliphatic heterocycles. The molecule has 1 aliphatic rings. The van der Waals surface area contributed by atoms with E-state index >= 15 is 0 Å². The molecule has 1 aliphatic carbocycles. The molecule has 356 valence electrons.